The summed E-state index contributed by atoms with van der Waals surface area (Å²) in [6.45, 7) is 9.60. The molecule has 1 rings (SSSR count). The lowest BCUT2D eigenvalue weighted by atomic mass is 10.1. The number of H-pyrrole nitrogens is 1. The standard InChI is InChI=1S/C12H22N4O3S/c1-6-16(8(4)5)12(17)10-11(20(13,18)19)9(7(2)3)14-15-10/h7-8H,6H2,1-5H3,(H,14,15)(H2,13,18,19). The summed E-state index contributed by atoms with van der Waals surface area (Å²) < 4.78 is 23.5. The number of aromatic nitrogens is 2. The fraction of sp³-hybridized carbons (Fsp3) is 0.667. The van der Waals surface area contributed by atoms with Gasteiger partial charge in [0.1, 0.15) is 4.90 Å². The van der Waals surface area contributed by atoms with Gasteiger partial charge in [-0.05, 0) is 26.7 Å². The van der Waals surface area contributed by atoms with Crippen molar-refractivity contribution in [2.24, 2.45) is 5.14 Å². The maximum absolute atomic E-state index is 12.4. The quantitative estimate of drug-likeness (QED) is 0.847. The zero-order valence-electron chi connectivity index (χ0n) is 12.5. The Balaban J connectivity index is 3.44. The fourth-order valence-corrected chi connectivity index (χ4v) is 3.04. The van der Waals surface area contributed by atoms with Gasteiger partial charge >= 0.3 is 0 Å². The van der Waals surface area contributed by atoms with Crippen molar-refractivity contribution in [1.82, 2.24) is 15.1 Å². The van der Waals surface area contributed by atoms with Crippen LogP contribution in [0.3, 0.4) is 0 Å². The van der Waals surface area contributed by atoms with Crippen LogP contribution < -0.4 is 5.14 Å². The Hall–Kier alpha value is -1.41. The molecule has 1 amide bonds. The number of nitrogens with zero attached hydrogens (tertiary/aromatic N) is 2. The monoisotopic (exact) mass is 302 g/mol. The van der Waals surface area contributed by atoms with Gasteiger partial charge in [0.25, 0.3) is 5.91 Å². The molecule has 3 N–H and O–H groups in total. The molecule has 0 fully saturated rings. The van der Waals surface area contributed by atoms with Gasteiger partial charge in [0.05, 0.1) is 5.69 Å². The highest BCUT2D eigenvalue weighted by molar-refractivity contribution is 7.89. The predicted octanol–water partition coefficient (Wildman–Crippen LogP) is 1.05. The van der Waals surface area contributed by atoms with Gasteiger partial charge in [-0.3, -0.25) is 9.89 Å². The topological polar surface area (TPSA) is 109 Å². The number of nitrogens with two attached hydrogens (primary N) is 1. The van der Waals surface area contributed by atoms with Gasteiger partial charge in [0.15, 0.2) is 5.69 Å². The fourth-order valence-electron chi connectivity index (χ4n) is 2.05. The van der Waals surface area contributed by atoms with Gasteiger partial charge in [-0.2, -0.15) is 5.10 Å². The Morgan fingerprint density at radius 3 is 2.25 bits per heavy atom. The Morgan fingerprint density at radius 2 is 1.90 bits per heavy atom. The molecule has 20 heavy (non-hydrogen) atoms. The van der Waals surface area contributed by atoms with Gasteiger partial charge < -0.3 is 4.90 Å². The minimum atomic E-state index is -4.02. The van der Waals surface area contributed by atoms with Gasteiger partial charge in [0.2, 0.25) is 10.0 Å². The van der Waals surface area contributed by atoms with Crippen molar-refractivity contribution in [2.75, 3.05) is 6.54 Å². The van der Waals surface area contributed by atoms with Crippen molar-refractivity contribution in [2.45, 2.75) is 51.5 Å². The lowest BCUT2D eigenvalue weighted by Gasteiger charge is -2.24. The van der Waals surface area contributed by atoms with Crippen molar-refractivity contribution in [3.05, 3.63) is 11.4 Å². The zero-order valence-corrected chi connectivity index (χ0v) is 13.3. The van der Waals surface area contributed by atoms with E-state index in [2.05, 4.69) is 10.2 Å². The maximum Gasteiger partial charge on any atom is 0.275 e. The first kappa shape index (κ1) is 16.6. The molecule has 0 saturated carbocycles. The normalized spacial score (nSPS) is 12.2. The Morgan fingerprint density at radius 1 is 1.35 bits per heavy atom. The maximum atomic E-state index is 12.4. The molecule has 0 aliphatic rings. The molecular weight excluding hydrogens is 280 g/mol. The van der Waals surface area contributed by atoms with Crippen LogP contribution in [0.2, 0.25) is 0 Å². The molecule has 0 saturated heterocycles. The summed E-state index contributed by atoms with van der Waals surface area (Å²) in [5.41, 5.74) is 0.224. The summed E-state index contributed by atoms with van der Waals surface area (Å²) in [7, 11) is -4.02. The van der Waals surface area contributed by atoms with Crippen LogP contribution in [0.5, 0.6) is 0 Å². The average Bonchev–Trinajstić information content (AvgIpc) is 2.73. The minimum absolute atomic E-state index is 0.0555. The smallest absolute Gasteiger partial charge is 0.275 e. The molecule has 0 radical (unpaired) electrons. The van der Waals surface area contributed by atoms with Crippen molar-refractivity contribution in [1.29, 1.82) is 0 Å². The molecule has 0 aliphatic heterocycles. The highest BCUT2D eigenvalue weighted by Crippen LogP contribution is 2.25. The Bertz CT molecular complexity index is 590. The van der Waals surface area contributed by atoms with E-state index in [0.717, 1.165) is 0 Å². The second kappa shape index (κ2) is 5.92. The SMILES string of the molecule is CCN(C(=O)c1n[nH]c(C(C)C)c1S(N)(=O)=O)C(C)C. The summed E-state index contributed by atoms with van der Waals surface area (Å²) in [4.78, 5) is 13.8. The number of nitrogens with one attached hydrogen (secondary N) is 1. The molecule has 0 atom stereocenters. The molecule has 114 valence electrons. The number of rotatable bonds is 5. The molecule has 1 aromatic heterocycles. The first-order chi connectivity index (χ1) is 9.11. The molecule has 1 heterocycles. The van der Waals surface area contributed by atoms with E-state index < -0.39 is 15.9 Å². The lowest BCUT2D eigenvalue weighted by molar-refractivity contribution is 0.0707. The van der Waals surface area contributed by atoms with Gasteiger partial charge in [-0.25, -0.2) is 13.6 Å². The second-order valence-electron chi connectivity index (χ2n) is 5.20. The van der Waals surface area contributed by atoms with Crippen molar-refractivity contribution in [3.63, 3.8) is 0 Å². The summed E-state index contributed by atoms with van der Waals surface area (Å²) in [5.74, 6) is -0.568. The van der Waals surface area contributed by atoms with Crippen LogP contribution in [0.25, 0.3) is 0 Å². The third kappa shape index (κ3) is 3.18. The lowest BCUT2D eigenvalue weighted by Crippen LogP contribution is -2.37. The van der Waals surface area contributed by atoms with E-state index in [1.807, 2.05) is 20.8 Å². The van der Waals surface area contributed by atoms with Gasteiger partial charge in [-0.15, -0.1) is 0 Å². The number of primary sulfonamides is 1. The van der Waals surface area contributed by atoms with E-state index in [1.54, 1.807) is 13.8 Å². The highest BCUT2D eigenvalue weighted by atomic mass is 32.2. The second-order valence-corrected chi connectivity index (χ2v) is 6.70. The molecule has 0 spiro atoms. The number of hydrogen-bond donors (Lipinski definition) is 2. The van der Waals surface area contributed by atoms with Crippen LogP contribution in [0.15, 0.2) is 4.90 Å². The van der Waals surface area contributed by atoms with Crippen LogP contribution in [0.1, 0.15) is 56.7 Å². The molecule has 0 unspecified atom stereocenters. The number of carbonyl (C=O) groups excluding carboxylic acids is 1. The first-order valence-corrected chi connectivity index (χ1v) is 8.07. The van der Waals surface area contributed by atoms with Crippen molar-refractivity contribution in [3.8, 4) is 0 Å². The summed E-state index contributed by atoms with van der Waals surface area (Å²) in [5, 5.41) is 11.7. The van der Waals surface area contributed by atoms with Crippen LogP contribution in [0.4, 0.5) is 0 Å². The van der Waals surface area contributed by atoms with E-state index in [4.69, 9.17) is 5.14 Å². The molecular formula is C12H22N4O3S. The predicted molar refractivity (Wildman–Crippen MR) is 75.9 cm³/mol. The minimum Gasteiger partial charge on any atom is -0.335 e. The molecule has 0 aliphatic carbocycles. The van der Waals surface area contributed by atoms with E-state index >= 15 is 0 Å². The van der Waals surface area contributed by atoms with Gasteiger partial charge in [0, 0.05) is 12.6 Å². The molecule has 1 aromatic rings. The number of amides is 1. The van der Waals surface area contributed by atoms with Crippen molar-refractivity contribution < 1.29 is 13.2 Å². The van der Waals surface area contributed by atoms with Crippen LogP contribution in [-0.4, -0.2) is 42.0 Å². The van der Waals surface area contributed by atoms with Crippen LogP contribution in [-0.2, 0) is 10.0 Å². The highest BCUT2D eigenvalue weighted by Gasteiger charge is 2.31. The van der Waals surface area contributed by atoms with Crippen LogP contribution >= 0.6 is 0 Å². The third-order valence-electron chi connectivity index (χ3n) is 3.04. The molecule has 7 nitrogen and oxygen atoms in total. The van der Waals surface area contributed by atoms with Gasteiger partial charge in [-0.1, -0.05) is 13.8 Å². The molecule has 0 aromatic carbocycles. The largest absolute Gasteiger partial charge is 0.335 e. The van der Waals surface area contributed by atoms with E-state index in [9.17, 15) is 13.2 Å². The number of aromatic amines is 1. The number of carbonyl (C=O) groups is 1. The first-order valence-electron chi connectivity index (χ1n) is 6.53. The average molecular weight is 302 g/mol. The number of hydrogen-bond acceptors (Lipinski definition) is 4. The van der Waals surface area contributed by atoms with E-state index in [1.165, 1.54) is 4.90 Å². The van der Waals surface area contributed by atoms with Crippen LogP contribution in [0, 0.1) is 0 Å². The Kier molecular flexibility index (Phi) is 4.93. The summed E-state index contributed by atoms with van der Waals surface area (Å²) in [6.07, 6.45) is 0. The molecule has 8 heteroatoms. The zero-order chi connectivity index (χ0) is 15.7. The third-order valence-corrected chi connectivity index (χ3v) is 4.02. The summed E-state index contributed by atoms with van der Waals surface area (Å²) >= 11 is 0. The number of sulfonamides is 1. The van der Waals surface area contributed by atoms with E-state index in [0.29, 0.717) is 12.2 Å². The van der Waals surface area contributed by atoms with Crippen molar-refractivity contribution >= 4 is 15.9 Å². The molecule has 0 bridgehead atoms. The Labute approximate surface area is 119 Å². The van der Waals surface area contributed by atoms with E-state index in [-0.39, 0.29) is 22.5 Å². The summed E-state index contributed by atoms with van der Waals surface area (Å²) in [6, 6.07) is -0.0555.